The van der Waals surface area contributed by atoms with Crippen LogP contribution < -0.4 is 9.64 Å². The van der Waals surface area contributed by atoms with Crippen LogP contribution >= 0.6 is 23.1 Å². The van der Waals surface area contributed by atoms with Crippen molar-refractivity contribution in [2.75, 3.05) is 12.0 Å². The van der Waals surface area contributed by atoms with Gasteiger partial charge in [-0.15, -0.1) is 11.3 Å². The number of hydrogen-bond donors (Lipinski definition) is 0. The average Bonchev–Trinajstić information content (AvgIpc) is 3.42. The molecule has 0 radical (unpaired) electrons. The van der Waals surface area contributed by atoms with Crippen molar-refractivity contribution in [3.63, 3.8) is 0 Å². The van der Waals surface area contributed by atoms with Crippen LogP contribution in [0.15, 0.2) is 65.4 Å². The number of anilines is 2. The molecule has 0 saturated heterocycles. The molecule has 4 aromatic rings. The molecule has 0 atom stereocenters. The third-order valence-electron chi connectivity index (χ3n) is 4.94. The van der Waals surface area contributed by atoms with Gasteiger partial charge in [-0.05, 0) is 37.6 Å². The summed E-state index contributed by atoms with van der Waals surface area (Å²) in [6.45, 7) is 5.73. The van der Waals surface area contributed by atoms with E-state index in [1.165, 1.54) is 29.4 Å². The van der Waals surface area contributed by atoms with Gasteiger partial charge in [0.05, 0.1) is 24.2 Å². The van der Waals surface area contributed by atoms with Gasteiger partial charge in [0.1, 0.15) is 5.75 Å². The zero-order chi connectivity index (χ0) is 22.7. The van der Waals surface area contributed by atoms with E-state index >= 15 is 0 Å². The van der Waals surface area contributed by atoms with E-state index in [9.17, 15) is 4.79 Å². The first-order valence-corrected chi connectivity index (χ1v) is 12.0. The first-order chi connectivity index (χ1) is 15.5. The fourth-order valence-corrected chi connectivity index (χ4v) is 5.32. The number of imidazole rings is 1. The van der Waals surface area contributed by atoms with Crippen LogP contribution in [0.2, 0.25) is 0 Å². The molecule has 2 heterocycles. The van der Waals surface area contributed by atoms with E-state index in [0.717, 1.165) is 16.5 Å². The molecule has 32 heavy (non-hydrogen) atoms. The van der Waals surface area contributed by atoms with Crippen molar-refractivity contribution >= 4 is 39.8 Å². The Kier molecular flexibility index (Phi) is 6.62. The Morgan fingerprint density at radius 1 is 1.22 bits per heavy atom. The van der Waals surface area contributed by atoms with Crippen LogP contribution in [0, 0.1) is 13.8 Å². The normalized spacial score (nSPS) is 10.9. The molecule has 0 N–H and O–H groups in total. The van der Waals surface area contributed by atoms with Gasteiger partial charge in [0.15, 0.2) is 10.3 Å². The molecule has 0 aliphatic heterocycles. The maximum absolute atomic E-state index is 12.4. The molecule has 164 valence electrons. The smallest absolute Gasteiger partial charge is 0.230 e. The molecule has 6 nitrogen and oxygen atoms in total. The summed E-state index contributed by atoms with van der Waals surface area (Å²) in [6.07, 6.45) is 3.79. The predicted octanol–water partition coefficient (Wildman–Crippen LogP) is 5.93. The standard InChI is InChI=1S/C24H24N4O2S2/c1-16-9-10-20(17(2)13-16)27-12-11-25-23(27)31-14-19-15-32-24(26-19)28(18(3)29)21-7-5-6-8-22(21)30-4/h5-13,15H,14H2,1-4H3. The monoisotopic (exact) mass is 464 g/mol. The van der Waals surface area contributed by atoms with Crippen LogP contribution in [-0.4, -0.2) is 27.6 Å². The summed E-state index contributed by atoms with van der Waals surface area (Å²) in [5.74, 6) is 1.16. The van der Waals surface area contributed by atoms with E-state index in [1.54, 1.807) is 23.8 Å². The topological polar surface area (TPSA) is 60.2 Å². The molecule has 2 aromatic carbocycles. The molecule has 0 spiro atoms. The number of carbonyl (C=O) groups excluding carboxylic acids is 1. The van der Waals surface area contributed by atoms with Gasteiger partial charge >= 0.3 is 0 Å². The number of thiazole rings is 1. The van der Waals surface area contributed by atoms with Gasteiger partial charge in [-0.2, -0.15) is 0 Å². The molecule has 0 aliphatic carbocycles. The lowest BCUT2D eigenvalue weighted by Crippen LogP contribution is -2.23. The Balaban J connectivity index is 1.54. The molecule has 2 aromatic heterocycles. The van der Waals surface area contributed by atoms with Crippen LogP contribution in [0.25, 0.3) is 5.69 Å². The van der Waals surface area contributed by atoms with Crippen molar-refractivity contribution in [2.24, 2.45) is 0 Å². The van der Waals surface area contributed by atoms with Crippen molar-refractivity contribution in [3.8, 4) is 11.4 Å². The summed E-state index contributed by atoms with van der Waals surface area (Å²) in [4.78, 5) is 23.3. The number of benzene rings is 2. The van der Waals surface area contributed by atoms with Gasteiger partial charge in [0.2, 0.25) is 5.91 Å². The zero-order valence-corrected chi connectivity index (χ0v) is 20.0. The average molecular weight is 465 g/mol. The lowest BCUT2D eigenvalue weighted by Gasteiger charge is -2.20. The van der Waals surface area contributed by atoms with Crippen LogP contribution in [0.5, 0.6) is 5.75 Å². The zero-order valence-electron chi connectivity index (χ0n) is 18.4. The maximum atomic E-state index is 12.4. The second-order valence-corrected chi connectivity index (χ2v) is 9.09. The van der Waals surface area contributed by atoms with Crippen LogP contribution in [0.3, 0.4) is 0 Å². The van der Waals surface area contributed by atoms with Gasteiger partial charge in [0.25, 0.3) is 0 Å². The molecule has 0 unspecified atom stereocenters. The number of aromatic nitrogens is 3. The molecule has 0 aliphatic rings. The van der Waals surface area contributed by atoms with Gasteiger partial charge < -0.3 is 4.74 Å². The lowest BCUT2D eigenvalue weighted by atomic mass is 10.1. The Morgan fingerprint density at radius 3 is 2.78 bits per heavy atom. The fourth-order valence-electron chi connectivity index (χ4n) is 3.48. The van der Waals surface area contributed by atoms with Crippen molar-refractivity contribution in [1.82, 2.24) is 14.5 Å². The number of methoxy groups -OCH3 is 1. The Bertz CT molecular complexity index is 1250. The molecule has 0 fully saturated rings. The number of rotatable bonds is 7. The highest BCUT2D eigenvalue weighted by Crippen LogP contribution is 2.36. The summed E-state index contributed by atoms with van der Waals surface area (Å²) in [7, 11) is 1.60. The summed E-state index contributed by atoms with van der Waals surface area (Å²) in [5.41, 5.74) is 5.14. The van der Waals surface area contributed by atoms with Crippen molar-refractivity contribution in [3.05, 3.63) is 77.1 Å². The minimum atomic E-state index is -0.117. The number of para-hydroxylation sites is 2. The van der Waals surface area contributed by atoms with Crippen molar-refractivity contribution in [1.29, 1.82) is 0 Å². The molecular formula is C24H24N4O2S2. The van der Waals surface area contributed by atoms with Gasteiger partial charge in [-0.3, -0.25) is 14.3 Å². The first-order valence-electron chi connectivity index (χ1n) is 10.1. The van der Waals surface area contributed by atoms with E-state index in [0.29, 0.717) is 22.3 Å². The summed E-state index contributed by atoms with van der Waals surface area (Å²) >= 11 is 3.06. The Morgan fingerprint density at radius 2 is 2.03 bits per heavy atom. The molecule has 0 saturated carbocycles. The quantitative estimate of drug-likeness (QED) is 0.317. The number of ether oxygens (including phenoxy) is 1. The van der Waals surface area contributed by atoms with Crippen LogP contribution in [0.1, 0.15) is 23.7 Å². The largest absolute Gasteiger partial charge is 0.495 e. The molecule has 4 rings (SSSR count). The predicted molar refractivity (Wildman–Crippen MR) is 131 cm³/mol. The van der Waals surface area contributed by atoms with E-state index in [2.05, 4.69) is 41.6 Å². The Labute approximate surface area is 195 Å². The van der Waals surface area contributed by atoms with Crippen molar-refractivity contribution < 1.29 is 9.53 Å². The van der Waals surface area contributed by atoms with E-state index in [1.807, 2.05) is 42.0 Å². The highest BCUT2D eigenvalue weighted by molar-refractivity contribution is 7.98. The molecule has 8 heteroatoms. The van der Waals surface area contributed by atoms with E-state index in [-0.39, 0.29) is 5.91 Å². The number of nitrogens with zero attached hydrogens (tertiary/aromatic N) is 4. The third kappa shape index (κ3) is 4.56. The minimum absolute atomic E-state index is 0.117. The summed E-state index contributed by atoms with van der Waals surface area (Å²) in [5, 5.41) is 3.51. The number of thioether (sulfide) groups is 1. The summed E-state index contributed by atoms with van der Waals surface area (Å²) in [6, 6.07) is 13.9. The van der Waals surface area contributed by atoms with E-state index < -0.39 is 0 Å². The SMILES string of the molecule is COc1ccccc1N(C(C)=O)c1nc(CSc2nccn2-c2ccc(C)cc2C)cs1. The van der Waals surface area contributed by atoms with Gasteiger partial charge in [0, 0.05) is 30.5 Å². The second-order valence-electron chi connectivity index (χ2n) is 7.31. The maximum Gasteiger partial charge on any atom is 0.230 e. The second kappa shape index (κ2) is 9.58. The first kappa shape index (κ1) is 22.1. The molecule has 0 bridgehead atoms. The Hall–Kier alpha value is -3.10. The lowest BCUT2D eigenvalue weighted by molar-refractivity contribution is -0.115. The summed E-state index contributed by atoms with van der Waals surface area (Å²) < 4.78 is 7.54. The number of carbonyl (C=O) groups is 1. The van der Waals surface area contributed by atoms with Crippen LogP contribution in [0.4, 0.5) is 10.8 Å². The van der Waals surface area contributed by atoms with E-state index in [4.69, 9.17) is 9.72 Å². The number of aryl methyl sites for hydroxylation is 2. The highest BCUT2D eigenvalue weighted by atomic mass is 32.2. The number of hydrogen-bond acceptors (Lipinski definition) is 6. The minimum Gasteiger partial charge on any atom is -0.495 e. The van der Waals surface area contributed by atoms with Gasteiger partial charge in [-0.1, -0.05) is 41.6 Å². The third-order valence-corrected chi connectivity index (χ3v) is 6.81. The molecular weight excluding hydrogens is 440 g/mol. The van der Waals surface area contributed by atoms with Gasteiger partial charge in [-0.25, -0.2) is 9.97 Å². The fraction of sp³-hybridized carbons (Fsp3) is 0.208. The highest BCUT2D eigenvalue weighted by Gasteiger charge is 2.21. The van der Waals surface area contributed by atoms with Crippen LogP contribution in [-0.2, 0) is 10.5 Å². The number of amides is 1. The molecule has 1 amide bonds. The van der Waals surface area contributed by atoms with Crippen molar-refractivity contribution in [2.45, 2.75) is 31.7 Å².